The van der Waals surface area contributed by atoms with E-state index in [9.17, 15) is 14.4 Å². The number of benzene rings is 2. The number of amides is 2. The summed E-state index contributed by atoms with van der Waals surface area (Å²) in [7, 11) is 1.59. The molecule has 0 aromatic heterocycles. The van der Waals surface area contributed by atoms with Gasteiger partial charge >= 0.3 is 5.97 Å². The molecule has 0 saturated carbocycles. The largest absolute Gasteiger partial charge is 0.497 e. The van der Waals surface area contributed by atoms with Gasteiger partial charge in [-0.1, -0.05) is 54.6 Å². The Bertz CT molecular complexity index is 1130. The third kappa shape index (κ3) is 5.02. The highest BCUT2D eigenvalue weighted by Gasteiger charge is 2.54. The smallest absolute Gasteiger partial charge is 0.355 e. The molecule has 0 aliphatic carbocycles. The van der Waals surface area contributed by atoms with E-state index in [1.165, 1.54) is 16.7 Å². The molecule has 2 amide bonds. The molecule has 1 fully saturated rings. The fraction of sp³-hybridized carbons (Fsp3) is 0.269. The Kier molecular flexibility index (Phi) is 7.37. The number of nitrogens with zero attached hydrogens (tertiary/aromatic N) is 1. The van der Waals surface area contributed by atoms with Gasteiger partial charge in [-0.3, -0.25) is 14.5 Å². The van der Waals surface area contributed by atoms with Crippen LogP contribution in [0.3, 0.4) is 0 Å². The molecule has 2 aliphatic heterocycles. The first-order valence-corrected chi connectivity index (χ1v) is 12.0. The van der Waals surface area contributed by atoms with Gasteiger partial charge in [-0.2, -0.15) is 0 Å². The fourth-order valence-corrected chi connectivity index (χ4v) is 5.22. The van der Waals surface area contributed by atoms with E-state index in [-0.39, 0.29) is 35.9 Å². The van der Waals surface area contributed by atoms with Gasteiger partial charge in [-0.05, 0) is 35.8 Å². The second kappa shape index (κ2) is 10.6. The van der Waals surface area contributed by atoms with Gasteiger partial charge in [0, 0.05) is 5.75 Å². The molecule has 0 bridgehead atoms. The molecule has 8 heteroatoms. The van der Waals surface area contributed by atoms with E-state index in [0.717, 1.165) is 16.7 Å². The zero-order valence-corrected chi connectivity index (χ0v) is 19.8. The number of fused-ring (bicyclic) bond motifs is 1. The number of esters is 1. The Morgan fingerprint density at radius 1 is 1.12 bits per heavy atom. The quantitative estimate of drug-likeness (QED) is 0.463. The van der Waals surface area contributed by atoms with Crippen LogP contribution in [0.5, 0.6) is 5.75 Å². The van der Waals surface area contributed by atoms with E-state index in [4.69, 9.17) is 9.47 Å². The maximum Gasteiger partial charge on any atom is 0.355 e. The molecule has 2 atom stereocenters. The third-order valence-corrected chi connectivity index (χ3v) is 6.91. The predicted molar refractivity (Wildman–Crippen MR) is 130 cm³/mol. The summed E-state index contributed by atoms with van der Waals surface area (Å²) in [5, 5.41) is 2.49. The van der Waals surface area contributed by atoms with Gasteiger partial charge in [-0.25, -0.2) is 4.79 Å². The number of β-lactam (4-membered cyclic amide) rings is 1. The standard InChI is InChI=1S/C26H26N2O5S/c1-3-7-19-16-34-25-22(27-21(29)14-17-8-5-4-6-9-17)24(30)28(25)23(19)26(31)33-15-18-10-12-20(32-2)13-11-18/h3-13,22,25H,14-16H2,1-2H3,(H,27,29)/b7-3-/t22?,25-/m1/s1. The first-order chi connectivity index (χ1) is 16.5. The number of methoxy groups -OCH3 is 1. The van der Waals surface area contributed by atoms with Crippen molar-refractivity contribution < 1.29 is 23.9 Å². The maximum atomic E-state index is 13.1. The minimum atomic E-state index is -0.669. The van der Waals surface area contributed by atoms with Crippen LogP contribution < -0.4 is 10.1 Å². The summed E-state index contributed by atoms with van der Waals surface area (Å²) in [5.41, 5.74) is 2.66. The molecule has 34 heavy (non-hydrogen) atoms. The number of nitrogens with one attached hydrogen (secondary N) is 1. The number of allylic oxidation sites excluding steroid dienone is 2. The van der Waals surface area contributed by atoms with Crippen molar-refractivity contribution >= 4 is 29.5 Å². The number of rotatable bonds is 8. The Hall–Kier alpha value is -3.52. The number of hydrogen-bond donors (Lipinski definition) is 1. The van der Waals surface area contributed by atoms with Gasteiger partial charge < -0.3 is 14.8 Å². The van der Waals surface area contributed by atoms with Crippen LogP contribution in [0.4, 0.5) is 0 Å². The number of carbonyl (C=O) groups is 3. The second-order valence-electron chi connectivity index (χ2n) is 7.92. The molecule has 2 aromatic rings. The van der Waals surface area contributed by atoms with Crippen molar-refractivity contribution in [2.75, 3.05) is 12.9 Å². The van der Waals surface area contributed by atoms with Gasteiger partial charge in [0.25, 0.3) is 5.91 Å². The molecule has 7 nitrogen and oxygen atoms in total. The average molecular weight is 479 g/mol. The molecule has 2 aromatic carbocycles. The summed E-state index contributed by atoms with van der Waals surface area (Å²) < 4.78 is 10.7. The summed E-state index contributed by atoms with van der Waals surface area (Å²) in [6, 6.07) is 15.9. The molecule has 0 radical (unpaired) electrons. The molecule has 176 valence electrons. The molecule has 1 saturated heterocycles. The molecule has 4 rings (SSSR count). The van der Waals surface area contributed by atoms with E-state index in [1.54, 1.807) is 19.2 Å². The van der Waals surface area contributed by atoms with Crippen molar-refractivity contribution in [1.82, 2.24) is 10.2 Å². The lowest BCUT2D eigenvalue weighted by molar-refractivity contribution is -0.153. The van der Waals surface area contributed by atoms with Crippen LogP contribution in [0.1, 0.15) is 18.1 Å². The minimum absolute atomic E-state index is 0.0759. The number of ether oxygens (including phenoxy) is 2. The lowest BCUT2D eigenvalue weighted by Gasteiger charge is -2.49. The highest BCUT2D eigenvalue weighted by Crippen LogP contribution is 2.41. The van der Waals surface area contributed by atoms with Crippen LogP contribution in [-0.2, 0) is 32.1 Å². The Morgan fingerprint density at radius 3 is 2.53 bits per heavy atom. The topological polar surface area (TPSA) is 84.9 Å². The predicted octanol–water partition coefficient (Wildman–Crippen LogP) is 3.21. The molecular weight excluding hydrogens is 452 g/mol. The molecule has 0 spiro atoms. The summed E-state index contributed by atoms with van der Waals surface area (Å²) in [5.74, 6) is 0.161. The van der Waals surface area contributed by atoms with Crippen LogP contribution in [0.2, 0.25) is 0 Å². The Balaban J connectivity index is 1.44. The highest BCUT2D eigenvalue weighted by atomic mass is 32.2. The fourth-order valence-electron chi connectivity index (χ4n) is 3.91. The number of carbonyl (C=O) groups excluding carboxylic acids is 3. The minimum Gasteiger partial charge on any atom is -0.497 e. The molecule has 2 aliphatic rings. The first-order valence-electron chi connectivity index (χ1n) is 11.0. The lowest BCUT2D eigenvalue weighted by Crippen LogP contribution is -2.70. The van der Waals surface area contributed by atoms with E-state index in [0.29, 0.717) is 11.5 Å². The second-order valence-corrected chi connectivity index (χ2v) is 9.02. The van der Waals surface area contributed by atoms with Crippen molar-refractivity contribution in [3.8, 4) is 5.75 Å². The first kappa shape index (κ1) is 23.6. The zero-order chi connectivity index (χ0) is 24.1. The average Bonchev–Trinajstić information content (AvgIpc) is 2.86. The molecule has 2 heterocycles. The SMILES string of the molecule is C/C=C\C1=C(C(=O)OCc2ccc(OC)cc2)N2C(=O)C(NC(=O)Cc3ccccc3)[C@H]2SC1. The molecule has 1 unspecified atom stereocenters. The lowest BCUT2D eigenvalue weighted by atomic mass is 10.0. The van der Waals surface area contributed by atoms with Gasteiger partial charge in [0.15, 0.2) is 0 Å². The monoisotopic (exact) mass is 478 g/mol. The van der Waals surface area contributed by atoms with E-state index < -0.39 is 12.0 Å². The normalized spacial score (nSPS) is 19.5. The zero-order valence-electron chi connectivity index (χ0n) is 19.0. The van der Waals surface area contributed by atoms with Gasteiger partial charge in [-0.15, -0.1) is 11.8 Å². The van der Waals surface area contributed by atoms with Crippen molar-refractivity contribution in [2.24, 2.45) is 0 Å². The van der Waals surface area contributed by atoms with Crippen LogP contribution in [0, 0.1) is 0 Å². The van der Waals surface area contributed by atoms with E-state index in [2.05, 4.69) is 5.32 Å². The van der Waals surface area contributed by atoms with Gasteiger partial charge in [0.2, 0.25) is 5.91 Å². The Morgan fingerprint density at radius 2 is 1.85 bits per heavy atom. The number of thioether (sulfide) groups is 1. The van der Waals surface area contributed by atoms with Crippen molar-refractivity contribution in [2.45, 2.75) is 31.4 Å². The van der Waals surface area contributed by atoms with Crippen LogP contribution >= 0.6 is 11.8 Å². The summed E-state index contributed by atoms with van der Waals surface area (Å²) in [6.07, 6.45) is 3.84. The van der Waals surface area contributed by atoms with Gasteiger partial charge in [0.05, 0.1) is 13.5 Å². The highest BCUT2D eigenvalue weighted by molar-refractivity contribution is 8.00. The van der Waals surface area contributed by atoms with Crippen LogP contribution in [-0.4, -0.2) is 47.0 Å². The number of hydrogen-bond acceptors (Lipinski definition) is 6. The van der Waals surface area contributed by atoms with Crippen LogP contribution in [0.15, 0.2) is 78.0 Å². The third-order valence-electron chi connectivity index (χ3n) is 5.61. The molecule has 1 N–H and O–H groups in total. The molecular formula is C26H26N2O5S. The maximum absolute atomic E-state index is 13.1. The van der Waals surface area contributed by atoms with Crippen molar-refractivity contribution in [3.63, 3.8) is 0 Å². The summed E-state index contributed by atoms with van der Waals surface area (Å²) in [6.45, 7) is 1.93. The summed E-state index contributed by atoms with van der Waals surface area (Å²) in [4.78, 5) is 40.0. The van der Waals surface area contributed by atoms with Gasteiger partial charge in [0.1, 0.15) is 29.5 Å². The van der Waals surface area contributed by atoms with E-state index in [1.807, 2.05) is 61.5 Å². The summed E-state index contributed by atoms with van der Waals surface area (Å²) >= 11 is 1.52. The van der Waals surface area contributed by atoms with Crippen molar-refractivity contribution in [3.05, 3.63) is 89.1 Å². The Labute approximate surface area is 202 Å². The van der Waals surface area contributed by atoms with Crippen molar-refractivity contribution in [1.29, 1.82) is 0 Å². The van der Waals surface area contributed by atoms with Crippen LogP contribution in [0.25, 0.3) is 0 Å². The van der Waals surface area contributed by atoms with E-state index >= 15 is 0 Å².